The van der Waals surface area contributed by atoms with Crippen LogP contribution < -0.4 is 0 Å². The third-order valence-corrected chi connectivity index (χ3v) is 4.69. The molecule has 0 amide bonds. The highest BCUT2D eigenvalue weighted by Gasteiger charge is 2.29. The molecule has 0 aromatic heterocycles. The average Bonchev–Trinajstić information content (AvgIpc) is 2.30. The molecule has 0 aliphatic carbocycles. The molecule has 0 heterocycles. The van der Waals surface area contributed by atoms with E-state index in [9.17, 15) is 13.6 Å². The molecule has 2 nitrogen and oxygen atoms in total. The van der Waals surface area contributed by atoms with E-state index in [-0.39, 0.29) is 10.7 Å². The fraction of sp³-hybridized carbons (Fsp3) is 0.938. The van der Waals surface area contributed by atoms with Crippen molar-refractivity contribution in [2.45, 2.75) is 71.5 Å². The molecule has 0 bridgehead atoms. The van der Waals surface area contributed by atoms with Gasteiger partial charge in [0.15, 0.2) is 0 Å². The van der Waals surface area contributed by atoms with E-state index in [2.05, 4.69) is 0 Å². The summed E-state index contributed by atoms with van der Waals surface area (Å²) in [5.41, 5.74) is 0. The monoisotopic (exact) mass is 324 g/mol. The smallest absolute Gasteiger partial charge is 0.306 e. The summed E-state index contributed by atoms with van der Waals surface area (Å²) in [6.45, 7) is 10.9. The van der Waals surface area contributed by atoms with Gasteiger partial charge in [0.25, 0.3) is 0 Å². The van der Waals surface area contributed by atoms with Crippen molar-refractivity contribution in [2.75, 3.05) is 12.4 Å². The van der Waals surface area contributed by atoms with Gasteiger partial charge < -0.3 is 4.74 Å². The molecule has 1 unspecified atom stereocenters. The molecule has 5 heteroatoms. The molecule has 0 aliphatic heterocycles. The van der Waals surface area contributed by atoms with Crippen LogP contribution in [0.3, 0.4) is 0 Å². The number of alkyl halides is 2. The van der Waals surface area contributed by atoms with E-state index >= 15 is 0 Å². The summed E-state index contributed by atoms with van der Waals surface area (Å²) in [6, 6.07) is 0. The van der Waals surface area contributed by atoms with Crippen LogP contribution in [0.25, 0.3) is 0 Å². The van der Waals surface area contributed by atoms with Crippen molar-refractivity contribution in [3.05, 3.63) is 0 Å². The van der Waals surface area contributed by atoms with Crippen molar-refractivity contribution in [1.29, 1.82) is 0 Å². The number of esters is 1. The second-order valence-electron chi connectivity index (χ2n) is 6.87. The van der Waals surface area contributed by atoms with Crippen LogP contribution in [0, 0.1) is 11.8 Å². The van der Waals surface area contributed by atoms with Crippen LogP contribution in [-0.4, -0.2) is 29.0 Å². The molecule has 0 saturated carbocycles. The summed E-state index contributed by atoms with van der Waals surface area (Å²) < 4.78 is 31.1. The normalized spacial score (nSPS) is 14.3. The van der Waals surface area contributed by atoms with Crippen LogP contribution in [-0.2, 0) is 9.53 Å². The summed E-state index contributed by atoms with van der Waals surface area (Å²) in [4.78, 5) is 11.5. The van der Waals surface area contributed by atoms with E-state index < -0.39 is 11.8 Å². The lowest BCUT2D eigenvalue weighted by Crippen LogP contribution is -2.26. The first-order valence-electron chi connectivity index (χ1n) is 7.61. The zero-order valence-corrected chi connectivity index (χ0v) is 15.0. The van der Waals surface area contributed by atoms with Gasteiger partial charge in [-0.05, 0) is 45.3 Å². The van der Waals surface area contributed by atoms with Crippen molar-refractivity contribution in [3.8, 4) is 0 Å². The Kier molecular flexibility index (Phi) is 8.83. The number of carbonyl (C=O) groups is 1. The van der Waals surface area contributed by atoms with Crippen LogP contribution in [0.1, 0.15) is 60.8 Å². The van der Waals surface area contributed by atoms with E-state index in [0.29, 0.717) is 25.4 Å². The van der Waals surface area contributed by atoms with Gasteiger partial charge in [-0.1, -0.05) is 20.8 Å². The van der Waals surface area contributed by atoms with Crippen molar-refractivity contribution in [2.24, 2.45) is 11.8 Å². The lowest BCUT2D eigenvalue weighted by Gasteiger charge is -2.24. The topological polar surface area (TPSA) is 26.3 Å². The van der Waals surface area contributed by atoms with Crippen LogP contribution in [0.4, 0.5) is 8.78 Å². The van der Waals surface area contributed by atoms with E-state index in [1.807, 2.05) is 27.7 Å². The molecule has 0 saturated heterocycles. The van der Waals surface area contributed by atoms with Crippen molar-refractivity contribution in [3.63, 3.8) is 0 Å². The van der Waals surface area contributed by atoms with Gasteiger partial charge in [0, 0.05) is 17.1 Å². The Hall–Kier alpha value is -0.320. The Morgan fingerprint density at radius 2 is 1.76 bits per heavy atom. The van der Waals surface area contributed by atoms with Gasteiger partial charge in [-0.15, -0.1) is 0 Å². The maximum atomic E-state index is 13.0. The predicted molar refractivity (Wildman–Crippen MR) is 86.0 cm³/mol. The highest BCUT2D eigenvalue weighted by atomic mass is 32.2. The van der Waals surface area contributed by atoms with Crippen molar-refractivity contribution in [1.82, 2.24) is 0 Å². The summed E-state index contributed by atoms with van der Waals surface area (Å²) in [5, 5.41) is 0. The number of carbonyl (C=O) groups excluding carboxylic acids is 1. The molecule has 1 atom stereocenters. The van der Waals surface area contributed by atoms with Gasteiger partial charge in [-0.25, -0.2) is 8.78 Å². The third kappa shape index (κ3) is 11.0. The van der Waals surface area contributed by atoms with E-state index in [1.54, 1.807) is 18.7 Å². The minimum Gasteiger partial charge on any atom is -0.464 e. The molecular weight excluding hydrogens is 294 g/mol. The molecular formula is C16H30F2O2S. The molecule has 0 fully saturated rings. The van der Waals surface area contributed by atoms with Crippen LogP contribution in [0.15, 0.2) is 0 Å². The largest absolute Gasteiger partial charge is 0.464 e. The number of rotatable bonds is 10. The first-order chi connectivity index (χ1) is 9.44. The maximum absolute atomic E-state index is 13.0. The van der Waals surface area contributed by atoms with Crippen LogP contribution >= 0.6 is 11.8 Å². The molecule has 0 aliphatic rings. The summed E-state index contributed by atoms with van der Waals surface area (Å²) in [5.74, 6) is -2.27. The first-order valence-corrected chi connectivity index (χ1v) is 8.60. The quantitative estimate of drug-likeness (QED) is 0.410. The molecule has 0 aromatic carbocycles. The zero-order valence-electron chi connectivity index (χ0n) is 14.2. The summed E-state index contributed by atoms with van der Waals surface area (Å²) >= 11 is 1.67. The number of thioether (sulfide) groups is 1. The Bertz CT molecular complexity index is 312. The van der Waals surface area contributed by atoms with Crippen LogP contribution in [0.2, 0.25) is 0 Å². The molecule has 0 spiro atoms. The second-order valence-corrected chi connectivity index (χ2v) is 8.67. The van der Waals surface area contributed by atoms with E-state index in [1.165, 1.54) is 0 Å². The Labute approximate surface area is 132 Å². The van der Waals surface area contributed by atoms with Crippen LogP contribution in [0.5, 0.6) is 0 Å². The molecule has 126 valence electrons. The lowest BCUT2D eigenvalue weighted by atomic mass is 10.00. The highest BCUT2D eigenvalue weighted by Crippen LogP contribution is 2.30. The molecule has 0 N–H and O–H groups in total. The maximum Gasteiger partial charge on any atom is 0.306 e. The second kappa shape index (κ2) is 8.96. The standard InChI is InChI=1S/C16H30F2O2S/c1-12(2)10-14(19)20-11-15(4,5)21-9-7-8-13(3)16(6,17)18/h12-13H,7-11H2,1-6H3. The minimum absolute atomic E-state index is 0.169. The van der Waals surface area contributed by atoms with Crippen molar-refractivity contribution < 1.29 is 18.3 Å². The minimum atomic E-state index is -2.60. The molecule has 21 heavy (non-hydrogen) atoms. The Morgan fingerprint density at radius 3 is 2.24 bits per heavy atom. The predicted octanol–water partition coefficient (Wildman–Crippen LogP) is 5.16. The van der Waals surface area contributed by atoms with E-state index in [4.69, 9.17) is 4.74 Å². The van der Waals surface area contributed by atoms with Gasteiger partial charge in [0.05, 0.1) is 0 Å². The fourth-order valence-electron chi connectivity index (χ4n) is 1.68. The number of ether oxygens (including phenoxy) is 1. The Balaban J connectivity index is 3.90. The first kappa shape index (κ1) is 20.7. The van der Waals surface area contributed by atoms with Gasteiger partial charge >= 0.3 is 5.97 Å². The summed E-state index contributed by atoms with van der Waals surface area (Å²) in [7, 11) is 0. The number of hydrogen-bond donors (Lipinski definition) is 0. The van der Waals surface area contributed by atoms with Gasteiger partial charge in [-0.3, -0.25) is 4.79 Å². The SMILES string of the molecule is CC(C)CC(=O)OCC(C)(C)SCCCC(C)C(C)(F)F. The van der Waals surface area contributed by atoms with Gasteiger partial charge in [0.2, 0.25) is 5.92 Å². The highest BCUT2D eigenvalue weighted by molar-refractivity contribution is 8.00. The zero-order chi connectivity index (χ0) is 16.7. The Morgan fingerprint density at radius 1 is 1.19 bits per heavy atom. The third-order valence-electron chi connectivity index (χ3n) is 3.30. The molecule has 0 aromatic rings. The van der Waals surface area contributed by atoms with Crippen molar-refractivity contribution >= 4 is 17.7 Å². The number of halogens is 2. The average molecular weight is 324 g/mol. The molecule has 0 rings (SSSR count). The van der Waals surface area contributed by atoms with Gasteiger partial charge in [-0.2, -0.15) is 11.8 Å². The number of hydrogen-bond acceptors (Lipinski definition) is 3. The van der Waals surface area contributed by atoms with E-state index in [0.717, 1.165) is 19.1 Å². The summed E-state index contributed by atoms with van der Waals surface area (Å²) in [6.07, 6.45) is 1.70. The fourth-order valence-corrected chi connectivity index (χ4v) is 2.69. The molecule has 0 radical (unpaired) electrons. The lowest BCUT2D eigenvalue weighted by molar-refractivity contribution is -0.145. The van der Waals surface area contributed by atoms with Gasteiger partial charge in [0.1, 0.15) is 6.61 Å².